The Bertz CT molecular complexity index is 474. The molecule has 0 aliphatic heterocycles. The minimum absolute atomic E-state index is 0.00339. The van der Waals surface area contributed by atoms with Crippen molar-refractivity contribution in [2.45, 2.75) is 26.8 Å². The van der Waals surface area contributed by atoms with Crippen LogP contribution in [0.4, 0.5) is 5.69 Å². The Morgan fingerprint density at radius 1 is 1.39 bits per heavy atom. The SMILES string of the molecule is CC(C)C(C)NC(=O)c1cc([N+](=O)[O-])ccc1Br. The number of rotatable bonds is 4. The molecule has 0 saturated heterocycles. The molecule has 1 aromatic rings. The predicted octanol–water partition coefficient (Wildman–Crippen LogP) is 3.13. The lowest BCUT2D eigenvalue weighted by Crippen LogP contribution is -2.36. The van der Waals surface area contributed by atoms with E-state index in [1.165, 1.54) is 18.2 Å². The molecule has 0 aliphatic carbocycles. The summed E-state index contributed by atoms with van der Waals surface area (Å²) < 4.78 is 0.543. The fraction of sp³-hybridized carbons (Fsp3) is 0.417. The second-order valence-electron chi connectivity index (χ2n) is 4.43. The van der Waals surface area contributed by atoms with Crippen LogP contribution in [0.3, 0.4) is 0 Å². The highest BCUT2D eigenvalue weighted by Crippen LogP contribution is 2.22. The quantitative estimate of drug-likeness (QED) is 0.685. The fourth-order valence-corrected chi connectivity index (χ4v) is 1.68. The Kier molecular flexibility index (Phi) is 4.84. The summed E-state index contributed by atoms with van der Waals surface area (Å²) in [5.74, 6) is -0.0156. The van der Waals surface area contributed by atoms with Gasteiger partial charge in [-0.2, -0.15) is 0 Å². The van der Waals surface area contributed by atoms with Crippen LogP contribution in [0.15, 0.2) is 22.7 Å². The summed E-state index contributed by atoms with van der Waals surface area (Å²) in [5.41, 5.74) is 0.178. The zero-order chi connectivity index (χ0) is 13.9. The number of nitro groups is 1. The minimum Gasteiger partial charge on any atom is -0.349 e. The number of non-ortho nitro benzene ring substituents is 1. The summed E-state index contributed by atoms with van der Waals surface area (Å²) in [6.07, 6.45) is 0. The largest absolute Gasteiger partial charge is 0.349 e. The number of nitrogens with zero attached hydrogens (tertiary/aromatic N) is 1. The molecule has 1 atom stereocenters. The van der Waals surface area contributed by atoms with Crippen molar-refractivity contribution in [2.24, 2.45) is 5.92 Å². The second kappa shape index (κ2) is 5.95. The Morgan fingerprint density at radius 3 is 2.50 bits per heavy atom. The fourth-order valence-electron chi connectivity index (χ4n) is 1.25. The summed E-state index contributed by atoms with van der Waals surface area (Å²) >= 11 is 3.22. The zero-order valence-electron chi connectivity index (χ0n) is 10.4. The average molecular weight is 315 g/mol. The van der Waals surface area contributed by atoms with Gasteiger partial charge >= 0.3 is 0 Å². The lowest BCUT2D eigenvalue weighted by Gasteiger charge is -2.17. The van der Waals surface area contributed by atoms with Crippen molar-refractivity contribution in [3.63, 3.8) is 0 Å². The lowest BCUT2D eigenvalue weighted by molar-refractivity contribution is -0.384. The molecule has 0 heterocycles. The first-order valence-corrected chi connectivity index (χ1v) is 6.37. The van der Waals surface area contributed by atoms with E-state index in [2.05, 4.69) is 21.2 Å². The zero-order valence-corrected chi connectivity index (χ0v) is 12.0. The summed E-state index contributed by atoms with van der Waals surface area (Å²) in [5, 5.41) is 13.5. The summed E-state index contributed by atoms with van der Waals surface area (Å²) in [6, 6.07) is 4.13. The first-order valence-electron chi connectivity index (χ1n) is 5.57. The number of amides is 1. The molecule has 0 saturated carbocycles. The van der Waals surface area contributed by atoms with Crippen molar-refractivity contribution in [2.75, 3.05) is 0 Å². The van der Waals surface area contributed by atoms with E-state index in [-0.39, 0.29) is 23.2 Å². The van der Waals surface area contributed by atoms with Crippen molar-refractivity contribution >= 4 is 27.5 Å². The molecule has 1 aromatic carbocycles. The summed E-state index contributed by atoms with van der Waals surface area (Å²) in [4.78, 5) is 22.1. The molecule has 98 valence electrons. The second-order valence-corrected chi connectivity index (χ2v) is 5.28. The number of hydrogen-bond donors (Lipinski definition) is 1. The standard InChI is InChI=1S/C12H15BrN2O3/c1-7(2)8(3)14-12(16)10-6-9(15(17)18)4-5-11(10)13/h4-8H,1-3H3,(H,14,16). The van der Waals surface area contributed by atoms with Gasteiger partial charge in [0.2, 0.25) is 0 Å². The minimum atomic E-state index is -0.519. The Morgan fingerprint density at radius 2 is 2.00 bits per heavy atom. The van der Waals surface area contributed by atoms with Crippen molar-refractivity contribution in [1.29, 1.82) is 0 Å². The van der Waals surface area contributed by atoms with E-state index < -0.39 is 4.92 Å². The van der Waals surface area contributed by atoms with Gasteiger partial charge in [0.05, 0.1) is 10.5 Å². The average Bonchev–Trinajstić information content (AvgIpc) is 2.28. The van der Waals surface area contributed by atoms with Crippen LogP contribution in [0.5, 0.6) is 0 Å². The predicted molar refractivity (Wildman–Crippen MR) is 72.6 cm³/mol. The van der Waals surface area contributed by atoms with E-state index in [1.807, 2.05) is 20.8 Å². The molecule has 1 amide bonds. The highest BCUT2D eigenvalue weighted by Gasteiger charge is 2.18. The summed E-state index contributed by atoms with van der Waals surface area (Å²) in [7, 11) is 0. The van der Waals surface area contributed by atoms with Crippen LogP contribution in [-0.2, 0) is 0 Å². The maximum absolute atomic E-state index is 12.0. The third kappa shape index (κ3) is 3.53. The van der Waals surface area contributed by atoms with E-state index in [4.69, 9.17) is 0 Å². The van der Waals surface area contributed by atoms with E-state index in [9.17, 15) is 14.9 Å². The van der Waals surface area contributed by atoms with Gasteiger partial charge in [-0.1, -0.05) is 13.8 Å². The molecule has 1 unspecified atom stereocenters. The van der Waals surface area contributed by atoms with Gasteiger partial charge in [-0.25, -0.2) is 0 Å². The van der Waals surface area contributed by atoms with Gasteiger partial charge in [-0.05, 0) is 34.8 Å². The maximum Gasteiger partial charge on any atom is 0.270 e. The number of benzene rings is 1. The Hall–Kier alpha value is -1.43. The Balaban J connectivity index is 2.98. The third-order valence-electron chi connectivity index (χ3n) is 2.76. The van der Waals surface area contributed by atoms with Crippen LogP contribution < -0.4 is 5.32 Å². The normalized spacial score (nSPS) is 12.3. The van der Waals surface area contributed by atoms with Crippen molar-refractivity contribution in [3.8, 4) is 0 Å². The third-order valence-corrected chi connectivity index (χ3v) is 3.46. The van der Waals surface area contributed by atoms with Gasteiger partial charge in [0.15, 0.2) is 0 Å². The van der Waals surface area contributed by atoms with Gasteiger partial charge < -0.3 is 5.32 Å². The van der Waals surface area contributed by atoms with Gasteiger partial charge in [0, 0.05) is 22.6 Å². The van der Waals surface area contributed by atoms with E-state index >= 15 is 0 Å². The topological polar surface area (TPSA) is 72.2 Å². The van der Waals surface area contributed by atoms with E-state index in [0.717, 1.165) is 0 Å². The lowest BCUT2D eigenvalue weighted by atomic mass is 10.1. The van der Waals surface area contributed by atoms with Crippen LogP contribution >= 0.6 is 15.9 Å². The van der Waals surface area contributed by atoms with Crippen LogP contribution in [0.1, 0.15) is 31.1 Å². The van der Waals surface area contributed by atoms with Gasteiger partial charge in [0.1, 0.15) is 0 Å². The first-order chi connectivity index (χ1) is 8.32. The number of nitro benzene ring substituents is 1. The van der Waals surface area contributed by atoms with Crippen molar-refractivity contribution in [1.82, 2.24) is 5.32 Å². The van der Waals surface area contributed by atoms with Gasteiger partial charge in [-0.3, -0.25) is 14.9 Å². The number of hydrogen-bond acceptors (Lipinski definition) is 3. The smallest absolute Gasteiger partial charge is 0.270 e. The van der Waals surface area contributed by atoms with Gasteiger partial charge in [0.25, 0.3) is 11.6 Å². The van der Waals surface area contributed by atoms with E-state index in [0.29, 0.717) is 10.4 Å². The molecule has 0 fully saturated rings. The molecular weight excluding hydrogens is 300 g/mol. The number of halogens is 1. The molecule has 0 bridgehead atoms. The number of carbonyl (C=O) groups excluding carboxylic acids is 1. The van der Waals surface area contributed by atoms with Crippen molar-refractivity contribution in [3.05, 3.63) is 38.3 Å². The van der Waals surface area contributed by atoms with E-state index in [1.54, 1.807) is 0 Å². The van der Waals surface area contributed by atoms with Crippen LogP contribution in [-0.4, -0.2) is 16.9 Å². The molecule has 0 aromatic heterocycles. The highest BCUT2D eigenvalue weighted by atomic mass is 79.9. The monoisotopic (exact) mass is 314 g/mol. The molecule has 18 heavy (non-hydrogen) atoms. The summed E-state index contributed by atoms with van der Waals surface area (Å²) in [6.45, 7) is 5.88. The molecule has 5 nitrogen and oxygen atoms in total. The van der Waals surface area contributed by atoms with Crippen LogP contribution in [0, 0.1) is 16.0 Å². The first kappa shape index (κ1) is 14.6. The van der Waals surface area contributed by atoms with Gasteiger partial charge in [-0.15, -0.1) is 0 Å². The molecule has 0 radical (unpaired) electrons. The molecule has 6 heteroatoms. The molecule has 0 aliphatic rings. The number of nitrogens with one attached hydrogen (secondary N) is 1. The Labute approximate surface area is 114 Å². The molecular formula is C12H15BrN2O3. The number of carbonyl (C=O) groups is 1. The van der Waals surface area contributed by atoms with Crippen molar-refractivity contribution < 1.29 is 9.72 Å². The maximum atomic E-state index is 12.0. The van der Waals surface area contributed by atoms with Crippen LogP contribution in [0.25, 0.3) is 0 Å². The molecule has 0 spiro atoms. The molecule has 1 N–H and O–H groups in total. The van der Waals surface area contributed by atoms with Crippen LogP contribution in [0.2, 0.25) is 0 Å². The molecule has 1 rings (SSSR count). The highest BCUT2D eigenvalue weighted by molar-refractivity contribution is 9.10.